The summed E-state index contributed by atoms with van der Waals surface area (Å²) in [5.41, 5.74) is 4.21. The van der Waals surface area contributed by atoms with Gasteiger partial charge in [0.05, 0.1) is 11.6 Å². The van der Waals surface area contributed by atoms with E-state index in [2.05, 4.69) is 40.6 Å². The summed E-state index contributed by atoms with van der Waals surface area (Å²) < 4.78 is 0. The van der Waals surface area contributed by atoms with Crippen molar-refractivity contribution >= 4 is 12.0 Å². The molecule has 0 bridgehead atoms. The van der Waals surface area contributed by atoms with Crippen molar-refractivity contribution in [1.82, 2.24) is 10.2 Å². The van der Waals surface area contributed by atoms with Crippen LogP contribution in [0, 0.1) is 11.3 Å². The van der Waals surface area contributed by atoms with Crippen LogP contribution in [-0.4, -0.2) is 30.4 Å². The van der Waals surface area contributed by atoms with Gasteiger partial charge in [0.25, 0.3) is 0 Å². The molecule has 3 rings (SSSR count). The zero-order valence-electron chi connectivity index (χ0n) is 14.8. The Morgan fingerprint density at radius 1 is 1.15 bits per heavy atom. The fourth-order valence-electron chi connectivity index (χ4n) is 3.23. The van der Waals surface area contributed by atoms with E-state index < -0.39 is 0 Å². The Morgan fingerprint density at radius 3 is 2.77 bits per heavy atom. The van der Waals surface area contributed by atoms with E-state index >= 15 is 0 Å². The van der Waals surface area contributed by atoms with Gasteiger partial charge in [-0.1, -0.05) is 42.5 Å². The number of nitrogens with one attached hydrogen (secondary N) is 1. The first kappa shape index (κ1) is 17.9. The number of hydrogen-bond acceptors (Lipinski definition) is 3. The lowest BCUT2D eigenvalue weighted by molar-refractivity contribution is -0.116. The average Bonchev–Trinajstić information content (AvgIpc) is 2.69. The lowest BCUT2D eigenvalue weighted by Crippen LogP contribution is -2.33. The highest BCUT2D eigenvalue weighted by Crippen LogP contribution is 2.18. The van der Waals surface area contributed by atoms with Crippen LogP contribution < -0.4 is 5.32 Å². The number of carbonyl (C=O) groups excluding carboxylic acids is 1. The third kappa shape index (κ3) is 4.81. The summed E-state index contributed by atoms with van der Waals surface area (Å²) in [7, 11) is 0. The number of nitrogens with zero attached hydrogens (tertiary/aromatic N) is 2. The minimum atomic E-state index is -0.123. The first-order valence-electron chi connectivity index (χ1n) is 9.00. The second-order valence-corrected chi connectivity index (χ2v) is 6.47. The minimum absolute atomic E-state index is 0.123. The van der Waals surface area contributed by atoms with Crippen LogP contribution in [0.25, 0.3) is 6.08 Å². The molecular formula is C22H23N3O. The van der Waals surface area contributed by atoms with Crippen molar-refractivity contribution in [1.29, 1.82) is 5.26 Å². The Morgan fingerprint density at radius 2 is 1.92 bits per heavy atom. The first-order valence-corrected chi connectivity index (χ1v) is 9.00. The maximum absolute atomic E-state index is 11.9. The van der Waals surface area contributed by atoms with Gasteiger partial charge in [0.15, 0.2) is 0 Å². The van der Waals surface area contributed by atoms with Crippen LogP contribution in [0.3, 0.4) is 0 Å². The van der Waals surface area contributed by atoms with Gasteiger partial charge in [-0.15, -0.1) is 0 Å². The molecule has 1 heterocycles. The van der Waals surface area contributed by atoms with E-state index in [-0.39, 0.29) is 5.91 Å². The monoisotopic (exact) mass is 345 g/mol. The Kier molecular flexibility index (Phi) is 6.19. The van der Waals surface area contributed by atoms with Crippen molar-refractivity contribution in [2.75, 3.05) is 19.6 Å². The van der Waals surface area contributed by atoms with Crippen LogP contribution in [0.2, 0.25) is 0 Å². The van der Waals surface area contributed by atoms with Crippen molar-refractivity contribution in [3.63, 3.8) is 0 Å². The van der Waals surface area contributed by atoms with Gasteiger partial charge < -0.3 is 5.32 Å². The summed E-state index contributed by atoms with van der Waals surface area (Å²) in [6.07, 6.45) is 5.21. The molecule has 0 aliphatic carbocycles. The topological polar surface area (TPSA) is 56.1 Å². The highest BCUT2D eigenvalue weighted by Gasteiger charge is 2.14. The van der Waals surface area contributed by atoms with Crippen molar-refractivity contribution in [3.05, 3.63) is 76.9 Å². The molecule has 0 aromatic heterocycles. The quantitative estimate of drug-likeness (QED) is 0.646. The summed E-state index contributed by atoms with van der Waals surface area (Å²) >= 11 is 0. The predicted octanol–water partition coefficient (Wildman–Crippen LogP) is 3.14. The highest BCUT2D eigenvalue weighted by atomic mass is 16.1. The average molecular weight is 345 g/mol. The van der Waals surface area contributed by atoms with Crippen LogP contribution in [0.5, 0.6) is 0 Å². The molecule has 2 aromatic carbocycles. The number of hydrogen-bond donors (Lipinski definition) is 1. The molecule has 1 N–H and O–H groups in total. The number of rotatable bonds is 6. The molecule has 2 aromatic rings. The summed E-state index contributed by atoms with van der Waals surface area (Å²) in [6.45, 7) is 3.71. The van der Waals surface area contributed by atoms with Gasteiger partial charge in [-0.3, -0.25) is 9.69 Å². The van der Waals surface area contributed by atoms with Crippen molar-refractivity contribution < 1.29 is 4.79 Å². The lowest BCUT2D eigenvalue weighted by Gasteiger charge is -2.28. The van der Waals surface area contributed by atoms with Gasteiger partial charge in [-0.05, 0) is 41.7 Å². The first-order chi connectivity index (χ1) is 12.8. The molecule has 26 heavy (non-hydrogen) atoms. The molecule has 0 spiro atoms. The number of fused-ring (bicyclic) bond motifs is 1. The van der Waals surface area contributed by atoms with E-state index in [0.717, 1.165) is 38.0 Å². The SMILES string of the molecule is N#Cc1ccccc1/C=C\C(=O)NCCCN1CCc2ccccc2C1. The van der Waals surface area contributed by atoms with E-state index in [1.807, 2.05) is 18.2 Å². The second-order valence-electron chi connectivity index (χ2n) is 6.47. The van der Waals surface area contributed by atoms with E-state index in [1.165, 1.54) is 17.2 Å². The largest absolute Gasteiger partial charge is 0.353 e. The number of amides is 1. The maximum atomic E-state index is 11.9. The molecule has 0 saturated heterocycles. The van der Waals surface area contributed by atoms with E-state index in [0.29, 0.717) is 12.1 Å². The molecule has 1 amide bonds. The number of benzene rings is 2. The Labute approximate surface area is 154 Å². The third-order valence-electron chi connectivity index (χ3n) is 4.66. The Balaban J connectivity index is 1.39. The van der Waals surface area contributed by atoms with Gasteiger partial charge in [0.2, 0.25) is 5.91 Å². The Hall–Kier alpha value is -2.90. The zero-order chi connectivity index (χ0) is 18.2. The molecule has 4 nitrogen and oxygen atoms in total. The van der Waals surface area contributed by atoms with E-state index in [9.17, 15) is 4.79 Å². The maximum Gasteiger partial charge on any atom is 0.244 e. The Bertz CT molecular complexity index is 835. The molecule has 132 valence electrons. The van der Waals surface area contributed by atoms with Crippen LogP contribution in [0.4, 0.5) is 0 Å². The molecule has 0 unspecified atom stereocenters. The summed E-state index contributed by atoms with van der Waals surface area (Å²) in [4.78, 5) is 14.4. The van der Waals surface area contributed by atoms with Gasteiger partial charge in [0, 0.05) is 32.3 Å². The van der Waals surface area contributed by atoms with Crippen molar-refractivity contribution in [2.45, 2.75) is 19.4 Å². The van der Waals surface area contributed by atoms with Crippen LogP contribution in [-0.2, 0) is 17.8 Å². The molecule has 1 aliphatic heterocycles. The van der Waals surface area contributed by atoms with Crippen molar-refractivity contribution in [3.8, 4) is 6.07 Å². The smallest absolute Gasteiger partial charge is 0.244 e. The molecule has 0 atom stereocenters. The molecular weight excluding hydrogens is 322 g/mol. The number of nitriles is 1. The molecule has 0 radical (unpaired) electrons. The van der Waals surface area contributed by atoms with E-state index in [1.54, 1.807) is 12.1 Å². The molecule has 0 saturated carbocycles. The second kappa shape index (κ2) is 8.98. The number of carbonyl (C=O) groups is 1. The van der Waals surface area contributed by atoms with Crippen LogP contribution >= 0.6 is 0 Å². The van der Waals surface area contributed by atoms with Gasteiger partial charge in [-0.25, -0.2) is 0 Å². The fraction of sp³-hybridized carbons (Fsp3) is 0.273. The highest BCUT2D eigenvalue weighted by molar-refractivity contribution is 5.92. The molecule has 0 fully saturated rings. The van der Waals surface area contributed by atoms with E-state index in [4.69, 9.17) is 5.26 Å². The van der Waals surface area contributed by atoms with Gasteiger partial charge in [-0.2, -0.15) is 5.26 Å². The van der Waals surface area contributed by atoms with Gasteiger partial charge in [0.1, 0.15) is 0 Å². The normalized spacial score (nSPS) is 14.0. The van der Waals surface area contributed by atoms with Crippen LogP contribution in [0.15, 0.2) is 54.6 Å². The van der Waals surface area contributed by atoms with Gasteiger partial charge >= 0.3 is 0 Å². The van der Waals surface area contributed by atoms with Crippen molar-refractivity contribution in [2.24, 2.45) is 0 Å². The minimum Gasteiger partial charge on any atom is -0.353 e. The standard InChI is InChI=1S/C22H23N3O/c23-16-20-8-3-1-6-18(20)10-11-22(26)24-13-5-14-25-15-12-19-7-2-4-9-21(19)17-25/h1-4,6-11H,5,12-15,17H2,(H,24,26)/b11-10-. The zero-order valence-corrected chi connectivity index (χ0v) is 14.8. The molecule has 1 aliphatic rings. The third-order valence-corrected chi connectivity index (χ3v) is 4.66. The molecule has 4 heteroatoms. The summed E-state index contributed by atoms with van der Waals surface area (Å²) in [5, 5.41) is 12.0. The summed E-state index contributed by atoms with van der Waals surface area (Å²) in [5.74, 6) is -0.123. The summed E-state index contributed by atoms with van der Waals surface area (Å²) in [6, 6.07) is 18.0. The fourth-order valence-corrected chi connectivity index (χ4v) is 3.23. The lowest BCUT2D eigenvalue weighted by atomic mass is 10.00. The van der Waals surface area contributed by atoms with Crippen LogP contribution in [0.1, 0.15) is 28.7 Å². The predicted molar refractivity (Wildman–Crippen MR) is 103 cm³/mol.